The second kappa shape index (κ2) is 10.2. The molecule has 5 rings (SSSR count). The number of aromatic nitrogens is 2. The van der Waals surface area contributed by atoms with Gasteiger partial charge in [-0.2, -0.15) is 11.8 Å². The summed E-state index contributed by atoms with van der Waals surface area (Å²) in [4.78, 5) is 6.54. The first kappa shape index (κ1) is 22.9. The molecule has 2 unspecified atom stereocenters. The van der Waals surface area contributed by atoms with Gasteiger partial charge in [0, 0.05) is 53.3 Å². The van der Waals surface area contributed by atoms with Crippen molar-refractivity contribution in [2.45, 2.75) is 18.4 Å². The van der Waals surface area contributed by atoms with Crippen LogP contribution in [0.2, 0.25) is 10.0 Å². The summed E-state index contributed by atoms with van der Waals surface area (Å²) < 4.78 is 20.6. The summed E-state index contributed by atoms with van der Waals surface area (Å²) in [7, 11) is 0. The molecule has 6 nitrogen and oxygen atoms in total. The molecule has 2 fully saturated rings. The fourth-order valence-corrected chi connectivity index (χ4v) is 5.59. The Morgan fingerprint density at radius 1 is 1.12 bits per heavy atom. The smallest absolute Gasteiger partial charge is 0.215 e. The summed E-state index contributed by atoms with van der Waals surface area (Å²) in [5.41, 5.74) is 1.97. The van der Waals surface area contributed by atoms with Crippen LogP contribution < -0.4 is 9.64 Å². The molecule has 2 saturated heterocycles. The molecule has 2 aliphatic heterocycles. The highest BCUT2D eigenvalue weighted by Crippen LogP contribution is 2.40. The van der Waals surface area contributed by atoms with Crippen LogP contribution in [0.4, 0.5) is 5.69 Å². The highest BCUT2D eigenvalue weighted by atomic mass is 35.5. The van der Waals surface area contributed by atoms with Crippen molar-refractivity contribution in [2.75, 3.05) is 42.7 Å². The lowest BCUT2D eigenvalue weighted by Gasteiger charge is -2.30. The summed E-state index contributed by atoms with van der Waals surface area (Å²) in [6.45, 7) is 3.34. The third-order valence-electron chi connectivity index (χ3n) is 5.80. The number of ether oxygens (including phenoxy) is 3. The number of benzene rings is 2. The van der Waals surface area contributed by atoms with E-state index in [1.165, 1.54) is 17.2 Å². The third kappa shape index (κ3) is 5.28. The van der Waals surface area contributed by atoms with E-state index in [4.69, 9.17) is 37.4 Å². The third-order valence-corrected chi connectivity index (χ3v) is 7.29. The molecule has 0 saturated carbocycles. The van der Waals surface area contributed by atoms with Gasteiger partial charge >= 0.3 is 0 Å². The van der Waals surface area contributed by atoms with E-state index < -0.39 is 5.79 Å². The quantitative estimate of drug-likeness (QED) is 0.445. The molecule has 174 valence electrons. The van der Waals surface area contributed by atoms with Crippen molar-refractivity contribution in [1.82, 2.24) is 9.55 Å². The lowest BCUT2D eigenvalue weighted by Crippen LogP contribution is -2.34. The van der Waals surface area contributed by atoms with Gasteiger partial charge in [0.05, 0.1) is 24.5 Å². The summed E-state index contributed by atoms with van der Waals surface area (Å²) in [5.74, 6) is 2.11. The predicted molar refractivity (Wildman–Crippen MR) is 133 cm³/mol. The van der Waals surface area contributed by atoms with Crippen LogP contribution in [-0.4, -0.2) is 53.5 Å². The molecule has 2 atom stereocenters. The minimum absolute atomic E-state index is 0.251. The monoisotopic (exact) mass is 505 g/mol. The summed E-state index contributed by atoms with van der Waals surface area (Å²) in [5, 5.41) is 1.06. The van der Waals surface area contributed by atoms with Crippen LogP contribution in [0, 0.1) is 0 Å². The second-order valence-corrected chi connectivity index (χ2v) is 10.1. The zero-order valence-corrected chi connectivity index (χ0v) is 20.4. The Labute approximate surface area is 207 Å². The van der Waals surface area contributed by atoms with Gasteiger partial charge in [-0.3, -0.25) is 0 Å². The van der Waals surface area contributed by atoms with Gasteiger partial charge in [0.2, 0.25) is 5.79 Å². The second-order valence-electron chi connectivity index (χ2n) is 8.07. The van der Waals surface area contributed by atoms with Crippen molar-refractivity contribution in [3.63, 3.8) is 0 Å². The van der Waals surface area contributed by atoms with Crippen molar-refractivity contribution in [1.29, 1.82) is 0 Å². The van der Waals surface area contributed by atoms with Gasteiger partial charge < -0.3 is 23.7 Å². The molecule has 33 heavy (non-hydrogen) atoms. The lowest BCUT2D eigenvalue weighted by atomic mass is 10.1. The number of hydrogen-bond acceptors (Lipinski definition) is 6. The van der Waals surface area contributed by atoms with Gasteiger partial charge in [-0.05, 0) is 36.4 Å². The van der Waals surface area contributed by atoms with E-state index in [1.807, 2.05) is 40.7 Å². The number of hydrogen-bond donors (Lipinski definition) is 0. The van der Waals surface area contributed by atoms with Gasteiger partial charge in [-0.15, -0.1) is 0 Å². The molecule has 2 aliphatic rings. The summed E-state index contributed by atoms with van der Waals surface area (Å²) in [6, 6.07) is 13.6. The minimum Gasteiger partial charge on any atom is -0.491 e. The van der Waals surface area contributed by atoms with E-state index in [9.17, 15) is 0 Å². The largest absolute Gasteiger partial charge is 0.491 e. The molecule has 3 aromatic rings. The Morgan fingerprint density at radius 3 is 2.67 bits per heavy atom. The molecule has 2 aromatic carbocycles. The maximum atomic E-state index is 6.53. The van der Waals surface area contributed by atoms with Crippen molar-refractivity contribution < 1.29 is 14.2 Å². The van der Waals surface area contributed by atoms with E-state index in [0.717, 1.165) is 24.4 Å². The van der Waals surface area contributed by atoms with E-state index in [1.54, 1.807) is 24.7 Å². The Bertz CT molecular complexity index is 1060. The lowest BCUT2D eigenvalue weighted by molar-refractivity contribution is -0.189. The maximum Gasteiger partial charge on any atom is 0.215 e. The molecule has 0 spiro atoms. The Kier molecular flexibility index (Phi) is 7.04. The van der Waals surface area contributed by atoms with Gasteiger partial charge in [0.15, 0.2) is 0 Å². The predicted octanol–water partition coefficient (Wildman–Crippen LogP) is 5.09. The minimum atomic E-state index is -1.05. The number of rotatable bonds is 7. The van der Waals surface area contributed by atoms with E-state index >= 15 is 0 Å². The fraction of sp³-hybridized carbons (Fsp3) is 0.375. The van der Waals surface area contributed by atoms with Crippen LogP contribution in [0.15, 0.2) is 61.2 Å². The number of halogens is 2. The Morgan fingerprint density at radius 2 is 1.94 bits per heavy atom. The molecule has 0 aliphatic carbocycles. The maximum absolute atomic E-state index is 6.53. The number of nitrogens with zero attached hydrogens (tertiary/aromatic N) is 3. The Balaban J connectivity index is 1.26. The van der Waals surface area contributed by atoms with Crippen LogP contribution in [0.5, 0.6) is 5.75 Å². The SMILES string of the molecule is Clc1ccc(C2(Cn3ccnc3)OCC(COc3ccc(N4CCSCC4)cc3)O2)c(Cl)c1. The van der Waals surface area contributed by atoms with Crippen LogP contribution in [0.1, 0.15) is 5.56 Å². The molecular weight excluding hydrogens is 481 g/mol. The summed E-state index contributed by atoms with van der Waals surface area (Å²) >= 11 is 14.7. The van der Waals surface area contributed by atoms with Crippen molar-refractivity contribution >= 4 is 40.7 Å². The average Bonchev–Trinajstić information content (AvgIpc) is 3.49. The average molecular weight is 506 g/mol. The normalized spacial score (nSPS) is 23.1. The first-order valence-electron chi connectivity index (χ1n) is 10.9. The molecule has 0 radical (unpaired) electrons. The highest BCUT2D eigenvalue weighted by molar-refractivity contribution is 7.99. The van der Waals surface area contributed by atoms with Crippen molar-refractivity contribution in [3.05, 3.63) is 76.8 Å². The number of thioether (sulfide) groups is 1. The molecule has 0 bridgehead atoms. The van der Waals surface area contributed by atoms with E-state index in [2.05, 4.69) is 22.0 Å². The van der Waals surface area contributed by atoms with Crippen LogP contribution in [0.3, 0.4) is 0 Å². The first-order chi connectivity index (χ1) is 16.1. The molecule has 9 heteroatoms. The van der Waals surface area contributed by atoms with Crippen molar-refractivity contribution in [2.24, 2.45) is 0 Å². The van der Waals surface area contributed by atoms with Crippen LogP contribution >= 0.6 is 35.0 Å². The standard InChI is InChI=1S/C24H25Cl2N3O3S/c25-18-1-6-22(23(26)13-18)24(16-28-8-7-27-17-28)31-15-21(32-24)14-30-20-4-2-19(3-5-20)29-9-11-33-12-10-29/h1-8,13,17,21H,9-12,14-16H2. The Hall–Kier alpha value is -1.90. The van der Waals surface area contributed by atoms with E-state index in [-0.39, 0.29) is 6.10 Å². The number of anilines is 1. The zero-order valence-electron chi connectivity index (χ0n) is 18.0. The fourth-order valence-electron chi connectivity index (χ4n) is 4.14. The number of imidazole rings is 1. The van der Waals surface area contributed by atoms with Gasteiger partial charge in [0.25, 0.3) is 0 Å². The molecule has 0 amide bonds. The molecule has 1 aromatic heterocycles. The molecule has 0 N–H and O–H groups in total. The van der Waals surface area contributed by atoms with Crippen LogP contribution in [-0.2, 0) is 21.8 Å². The van der Waals surface area contributed by atoms with Gasteiger partial charge in [-0.1, -0.05) is 29.3 Å². The highest BCUT2D eigenvalue weighted by Gasteiger charge is 2.45. The first-order valence-corrected chi connectivity index (χ1v) is 12.8. The molecular formula is C24H25Cl2N3O3S. The summed E-state index contributed by atoms with van der Waals surface area (Å²) in [6.07, 6.45) is 5.06. The van der Waals surface area contributed by atoms with E-state index in [0.29, 0.717) is 29.8 Å². The van der Waals surface area contributed by atoms with Crippen molar-refractivity contribution in [3.8, 4) is 5.75 Å². The zero-order chi connectivity index (χ0) is 22.7. The topological polar surface area (TPSA) is 48.8 Å². The van der Waals surface area contributed by atoms with Gasteiger partial charge in [-0.25, -0.2) is 4.98 Å². The van der Waals surface area contributed by atoms with Crippen LogP contribution in [0.25, 0.3) is 0 Å². The molecule has 3 heterocycles. The van der Waals surface area contributed by atoms with Gasteiger partial charge in [0.1, 0.15) is 18.5 Å².